The van der Waals surface area contributed by atoms with Crippen LogP contribution >= 0.6 is 12.4 Å². The highest BCUT2D eigenvalue weighted by atomic mass is 35.5. The Labute approximate surface area is 169 Å². The van der Waals surface area contributed by atoms with E-state index in [1.165, 1.54) is 0 Å². The fourth-order valence-corrected chi connectivity index (χ4v) is 3.47. The van der Waals surface area contributed by atoms with E-state index in [2.05, 4.69) is 24.1 Å². The van der Waals surface area contributed by atoms with Crippen LogP contribution in [0.1, 0.15) is 57.6 Å². The summed E-state index contributed by atoms with van der Waals surface area (Å²) in [6.45, 7) is 8.04. The Bertz CT molecular complexity index is 564. The molecular weight excluding hydrogens is 364 g/mol. The van der Waals surface area contributed by atoms with Gasteiger partial charge in [-0.1, -0.05) is 19.9 Å². The molecule has 1 saturated heterocycles. The molecule has 0 radical (unpaired) electrons. The summed E-state index contributed by atoms with van der Waals surface area (Å²) in [5.41, 5.74) is 1.06. The molecule has 2 amide bonds. The van der Waals surface area contributed by atoms with E-state index < -0.39 is 0 Å². The minimum Gasteiger partial charge on any atom is -0.343 e. The highest BCUT2D eigenvalue weighted by Crippen LogP contribution is 2.22. The van der Waals surface area contributed by atoms with Gasteiger partial charge in [0.25, 0.3) is 0 Å². The quantitative estimate of drug-likeness (QED) is 0.697. The van der Waals surface area contributed by atoms with Crippen LogP contribution in [0.2, 0.25) is 0 Å². The van der Waals surface area contributed by atoms with Gasteiger partial charge in [0, 0.05) is 58.0 Å². The molecule has 1 aliphatic heterocycles. The summed E-state index contributed by atoms with van der Waals surface area (Å²) in [6.07, 6.45) is 7.01. The van der Waals surface area contributed by atoms with Crippen molar-refractivity contribution >= 4 is 24.2 Å². The molecule has 1 aromatic rings. The molecule has 7 heteroatoms. The highest BCUT2D eigenvalue weighted by Gasteiger charge is 2.27. The van der Waals surface area contributed by atoms with Crippen LogP contribution in [0.5, 0.6) is 0 Å². The number of nitrogens with one attached hydrogen (secondary N) is 1. The highest BCUT2D eigenvalue weighted by molar-refractivity contribution is 5.85. The van der Waals surface area contributed by atoms with Crippen LogP contribution in [0.15, 0.2) is 24.5 Å². The van der Waals surface area contributed by atoms with Crippen LogP contribution in [0.4, 0.5) is 0 Å². The van der Waals surface area contributed by atoms with Gasteiger partial charge in [0.05, 0.1) is 6.04 Å². The molecule has 1 aliphatic rings. The van der Waals surface area contributed by atoms with Crippen molar-refractivity contribution in [1.29, 1.82) is 0 Å². The Hall–Kier alpha value is -1.66. The van der Waals surface area contributed by atoms with Crippen molar-refractivity contribution in [1.82, 2.24) is 20.1 Å². The van der Waals surface area contributed by atoms with E-state index in [1.54, 1.807) is 6.20 Å². The van der Waals surface area contributed by atoms with E-state index in [-0.39, 0.29) is 30.3 Å². The second kappa shape index (κ2) is 12.7. The molecule has 0 bridgehead atoms. The van der Waals surface area contributed by atoms with Crippen molar-refractivity contribution in [3.05, 3.63) is 30.1 Å². The standard InChI is InChI=1S/C20H32N4O2.ClH/c1-3-12-23(13-4-2)19(25)8-5-9-20(26)24-14-11-22-16-18(24)17-7-6-10-21-15-17;/h6-7,10,15,18,22H,3-5,8-9,11-14,16H2,1-2H3;1H. The van der Waals surface area contributed by atoms with Crippen LogP contribution in [0.25, 0.3) is 0 Å². The summed E-state index contributed by atoms with van der Waals surface area (Å²) in [6, 6.07) is 3.95. The number of nitrogens with zero attached hydrogens (tertiary/aromatic N) is 3. The number of pyridine rings is 1. The number of aromatic nitrogens is 1. The first kappa shape index (κ1) is 23.4. The zero-order valence-corrected chi connectivity index (χ0v) is 17.3. The zero-order chi connectivity index (χ0) is 18.8. The fraction of sp³-hybridized carbons (Fsp3) is 0.650. The van der Waals surface area contributed by atoms with Gasteiger partial charge < -0.3 is 15.1 Å². The van der Waals surface area contributed by atoms with E-state index >= 15 is 0 Å². The van der Waals surface area contributed by atoms with Gasteiger partial charge in [0.15, 0.2) is 0 Å². The smallest absolute Gasteiger partial charge is 0.223 e. The predicted molar refractivity (Wildman–Crippen MR) is 110 cm³/mol. The number of amides is 2. The summed E-state index contributed by atoms with van der Waals surface area (Å²) in [4.78, 5) is 33.1. The number of hydrogen-bond donors (Lipinski definition) is 1. The maximum Gasteiger partial charge on any atom is 0.223 e. The Morgan fingerprint density at radius 2 is 2.00 bits per heavy atom. The van der Waals surface area contributed by atoms with Crippen molar-refractivity contribution in [2.24, 2.45) is 0 Å². The van der Waals surface area contributed by atoms with Crippen LogP contribution in [0.3, 0.4) is 0 Å². The molecule has 1 N–H and O–H groups in total. The first-order chi connectivity index (χ1) is 12.7. The van der Waals surface area contributed by atoms with Crippen molar-refractivity contribution in [2.75, 3.05) is 32.7 Å². The lowest BCUT2D eigenvalue weighted by atomic mass is 10.0. The maximum absolute atomic E-state index is 12.7. The van der Waals surface area contributed by atoms with Crippen molar-refractivity contribution in [3.63, 3.8) is 0 Å². The van der Waals surface area contributed by atoms with Gasteiger partial charge in [0.2, 0.25) is 11.8 Å². The first-order valence-electron chi connectivity index (χ1n) is 9.85. The third-order valence-corrected chi connectivity index (χ3v) is 4.75. The van der Waals surface area contributed by atoms with Crippen LogP contribution in [0, 0.1) is 0 Å². The van der Waals surface area contributed by atoms with E-state index in [0.29, 0.717) is 25.8 Å². The second-order valence-electron chi connectivity index (χ2n) is 6.83. The molecule has 6 nitrogen and oxygen atoms in total. The van der Waals surface area contributed by atoms with Gasteiger partial charge in [-0.3, -0.25) is 14.6 Å². The average Bonchev–Trinajstić information content (AvgIpc) is 2.68. The van der Waals surface area contributed by atoms with Crippen LogP contribution in [-0.2, 0) is 9.59 Å². The minimum atomic E-state index is 0. The normalized spacial score (nSPS) is 16.5. The number of halogens is 1. The topological polar surface area (TPSA) is 65.5 Å². The summed E-state index contributed by atoms with van der Waals surface area (Å²) in [7, 11) is 0. The molecule has 0 aliphatic carbocycles. The van der Waals surface area contributed by atoms with Gasteiger partial charge in [-0.05, 0) is 30.9 Å². The lowest BCUT2D eigenvalue weighted by Crippen LogP contribution is -2.48. The Kier molecular flexibility index (Phi) is 11.0. The second-order valence-corrected chi connectivity index (χ2v) is 6.83. The molecule has 1 atom stereocenters. The largest absolute Gasteiger partial charge is 0.343 e. The molecule has 1 unspecified atom stereocenters. The molecule has 0 aromatic carbocycles. The maximum atomic E-state index is 12.7. The van der Waals surface area contributed by atoms with Crippen LogP contribution < -0.4 is 5.32 Å². The van der Waals surface area contributed by atoms with Gasteiger partial charge in [0.1, 0.15) is 0 Å². The SMILES string of the molecule is CCCN(CCC)C(=O)CCCC(=O)N1CCNCC1c1cccnc1.Cl. The Morgan fingerprint density at radius 3 is 2.63 bits per heavy atom. The predicted octanol–water partition coefficient (Wildman–Crippen LogP) is 2.80. The number of carbonyl (C=O) groups is 2. The molecule has 152 valence electrons. The average molecular weight is 397 g/mol. The molecule has 1 aromatic heterocycles. The molecule has 0 spiro atoms. The molecular formula is C20H33ClN4O2. The van der Waals surface area contributed by atoms with E-state index in [1.807, 2.05) is 28.1 Å². The van der Waals surface area contributed by atoms with Crippen molar-refractivity contribution in [2.45, 2.75) is 52.0 Å². The lowest BCUT2D eigenvalue weighted by Gasteiger charge is -2.36. The van der Waals surface area contributed by atoms with Crippen molar-refractivity contribution in [3.8, 4) is 0 Å². The van der Waals surface area contributed by atoms with Gasteiger partial charge in [-0.15, -0.1) is 12.4 Å². The Balaban J connectivity index is 0.00000364. The minimum absolute atomic E-state index is 0. The number of carbonyl (C=O) groups excluding carboxylic acids is 2. The fourth-order valence-electron chi connectivity index (χ4n) is 3.47. The number of piperazine rings is 1. The lowest BCUT2D eigenvalue weighted by molar-refractivity contribution is -0.135. The molecule has 2 rings (SSSR count). The first-order valence-corrected chi connectivity index (χ1v) is 9.85. The zero-order valence-electron chi connectivity index (χ0n) is 16.5. The van der Waals surface area contributed by atoms with E-state index in [0.717, 1.165) is 44.6 Å². The third-order valence-electron chi connectivity index (χ3n) is 4.75. The Morgan fingerprint density at radius 1 is 1.26 bits per heavy atom. The number of rotatable bonds is 9. The molecule has 27 heavy (non-hydrogen) atoms. The molecule has 1 fully saturated rings. The monoisotopic (exact) mass is 396 g/mol. The summed E-state index contributed by atoms with van der Waals surface area (Å²) < 4.78 is 0. The summed E-state index contributed by atoms with van der Waals surface area (Å²) >= 11 is 0. The van der Waals surface area contributed by atoms with E-state index in [4.69, 9.17) is 0 Å². The summed E-state index contributed by atoms with van der Waals surface area (Å²) in [5.74, 6) is 0.302. The number of hydrogen-bond acceptors (Lipinski definition) is 4. The van der Waals surface area contributed by atoms with Crippen LogP contribution in [-0.4, -0.2) is 59.3 Å². The van der Waals surface area contributed by atoms with E-state index in [9.17, 15) is 9.59 Å². The van der Waals surface area contributed by atoms with Gasteiger partial charge >= 0.3 is 0 Å². The summed E-state index contributed by atoms with van der Waals surface area (Å²) in [5, 5.41) is 3.35. The molecule has 0 saturated carbocycles. The van der Waals surface area contributed by atoms with Gasteiger partial charge in [-0.25, -0.2) is 0 Å². The third kappa shape index (κ3) is 7.11. The van der Waals surface area contributed by atoms with Crippen molar-refractivity contribution < 1.29 is 9.59 Å². The molecule has 2 heterocycles. The van der Waals surface area contributed by atoms with Gasteiger partial charge in [-0.2, -0.15) is 0 Å².